The summed E-state index contributed by atoms with van der Waals surface area (Å²) in [7, 11) is 0. The second-order valence-corrected chi connectivity index (χ2v) is 8.28. The van der Waals surface area contributed by atoms with Crippen LogP contribution >= 0.6 is 0 Å². The molecule has 4 rings (SSSR count). The zero-order valence-corrected chi connectivity index (χ0v) is 20.4. The molecule has 0 fully saturated rings. The van der Waals surface area contributed by atoms with Crippen molar-refractivity contribution in [2.75, 3.05) is 11.9 Å². The number of fused-ring (bicyclic) bond motifs is 1. The molecule has 0 unspecified atom stereocenters. The quantitative estimate of drug-likeness (QED) is 0.196. The van der Waals surface area contributed by atoms with E-state index in [0.29, 0.717) is 34.9 Å². The van der Waals surface area contributed by atoms with Gasteiger partial charge in [-0.25, -0.2) is 0 Å². The number of rotatable bonds is 8. The molecule has 4 aromatic carbocycles. The molecule has 0 atom stereocenters. The van der Waals surface area contributed by atoms with Crippen molar-refractivity contribution in [2.24, 2.45) is 0 Å². The summed E-state index contributed by atoms with van der Waals surface area (Å²) in [5, 5.41) is 14.2. The summed E-state index contributed by atoms with van der Waals surface area (Å²) in [4.78, 5) is 12.9. The van der Waals surface area contributed by atoms with Crippen molar-refractivity contribution >= 4 is 28.4 Å². The Kier molecular flexibility index (Phi) is 7.97. The molecule has 38 heavy (non-hydrogen) atoms. The fourth-order valence-corrected chi connectivity index (χ4v) is 3.84. The summed E-state index contributed by atoms with van der Waals surface area (Å²) in [6, 6.07) is 24.7. The highest BCUT2D eigenvalue weighted by Crippen LogP contribution is 2.32. The van der Waals surface area contributed by atoms with Crippen LogP contribution in [0.4, 0.5) is 18.9 Å². The minimum absolute atomic E-state index is 0.101. The molecule has 8 heteroatoms. The highest BCUT2D eigenvalue weighted by molar-refractivity contribution is 6.12. The third-order valence-electron chi connectivity index (χ3n) is 5.63. The maximum absolute atomic E-state index is 13.0. The number of anilines is 1. The van der Waals surface area contributed by atoms with Crippen LogP contribution in [-0.2, 0) is 17.6 Å². The van der Waals surface area contributed by atoms with Crippen LogP contribution < -0.4 is 14.8 Å². The van der Waals surface area contributed by atoms with Gasteiger partial charge in [-0.3, -0.25) is 4.79 Å². The molecule has 0 spiro atoms. The average molecular weight is 517 g/mol. The molecule has 0 aliphatic carbocycles. The van der Waals surface area contributed by atoms with Crippen molar-refractivity contribution in [1.82, 2.24) is 0 Å². The molecular formula is C30H23F3N2O3. The molecule has 0 heterocycles. The lowest BCUT2D eigenvalue weighted by atomic mass is 10.1. The highest BCUT2D eigenvalue weighted by atomic mass is 19.4. The molecule has 0 saturated carbocycles. The lowest BCUT2D eigenvalue weighted by Gasteiger charge is -2.14. The molecule has 1 N–H and O–H groups in total. The SMILES string of the molecule is CCOc1cc(C=C(C#N)C(=O)Nc2cccc3ccccc23)ccc1OCc1cccc(C(F)(F)F)c1. The topological polar surface area (TPSA) is 71.3 Å². The normalized spacial score (nSPS) is 11.6. The van der Waals surface area contributed by atoms with Gasteiger partial charge in [-0.15, -0.1) is 0 Å². The van der Waals surface area contributed by atoms with E-state index in [1.165, 1.54) is 12.1 Å². The largest absolute Gasteiger partial charge is 0.490 e. The molecule has 0 aliphatic heterocycles. The van der Waals surface area contributed by atoms with E-state index < -0.39 is 17.6 Å². The molecule has 0 aromatic heterocycles. The van der Waals surface area contributed by atoms with Crippen LogP contribution in [0.1, 0.15) is 23.6 Å². The molecule has 0 bridgehead atoms. The maximum atomic E-state index is 13.0. The van der Waals surface area contributed by atoms with Crippen LogP contribution in [0, 0.1) is 11.3 Å². The van der Waals surface area contributed by atoms with E-state index in [1.54, 1.807) is 37.3 Å². The van der Waals surface area contributed by atoms with Crippen molar-refractivity contribution in [1.29, 1.82) is 5.26 Å². The molecule has 5 nitrogen and oxygen atoms in total. The summed E-state index contributed by atoms with van der Waals surface area (Å²) in [5.74, 6) is 0.0896. The van der Waals surface area contributed by atoms with Gasteiger partial charge in [0.05, 0.1) is 12.2 Å². The van der Waals surface area contributed by atoms with Crippen molar-refractivity contribution in [3.05, 3.63) is 107 Å². The van der Waals surface area contributed by atoms with Gasteiger partial charge >= 0.3 is 6.18 Å². The standard InChI is InChI=1S/C30H23F3N2O3/c1-2-37-28-17-20(13-14-27(28)38-19-21-7-5-10-24(16-21)30(31,32)33)15-23(18-34)29(36)35-26-12-6-9-22-8-3-4-11-25(22)26/h3-17H,2,19H2,1H3,(H,35,36). The predicted molar refractivity (Wildman–Crippen MR) is 140 cm³/mol. The number of halogens is 3. The van der Waals surface area contributed by atoms with Crippen LogP contribution in [0.2, 0.25) is 0 Å². The molecule has 192 valence electrons. The van der Waals surface area contributed by atoms with Gasteiger partial charge in [0.15, 0.2) is 11.5 Å². The van der Waals surface area contributed by atoms with E-state index in [-0.39, 0.29) is 12.2 Å². The Bertz CT molecular complexity index is 1530. The van der Waals surface area contributed by atoms with Crippen LogP contribution in [0.3, 0.4) is 0 Å². The Morgan fingerprint density at radius 2 is 1.71 bits per heavy atom. The lowest BCUT2D eigenvalue weighted by molar-refractivity contribution is -0.137. The fraction of sp³-hybridized carbons (Fsp3) is 0.133. The van der Waals surface area contributed by atoms with Gasteiger partial charge in [-0.1, -0.05) is 54.6 Å². The smallest absolute Gasteiger partial charge is 0.416 e. The number of alkyl halides is 3. The van der Waals surface area contributed by atoms with Crippen molar-refractivity contribution in [3.63, 3.8) is 0 Å². The maximum Gasteiger partial charge on any atom is 0.416 e. The van der Waals surface area contributed by atoms with Crippen molar-refractivity contribution in [3.8, 4) is 17.6 Å². The van der Waals surface area contributed by atoms with E-state index >= 15 is 0 Å². The third-order valence-corrected chi connectivity index (χ3v) is 5.63. The number of ether oxygens (including phenoxy) is 2. The van der Waals surface area contributed by atoms with E-state index in [1.807, 2.05) is 42.5 Å². The minimum Gasteiger partial charge on any atom is -0.490 e. The monoisotopic (exact) mass is 516 g/mol. The van der Waals surface area contributed by atoms with Gasteiger partial charge in [0.25, 0.3) is 5.91 Å². The van der Waals surface area contributed by atoms with Gasteiger partial charge < -0.3 is 14.8 Å². The minimum atomic E-state index is -4.45. The fourth-order valence-electron chi connectivity index (χ4n) is 3.84. The summed E-state index contributed by atoms with van der Waals surface area (Å²) < 4.78 is 50.4. The average Bonchev–Trinajstić information content (AvgIpc) is 2.91. The number of amides is 1. The Morgan fingerprint density at radius 1 is 0.947 bits per heavy atom. The summed E-state index contributed by atoms with van der Waals surface area (Å²) >= 11 is 0. The Hall–Kier alpha value is -4.77. The first-order valence-corrected chi connectivity index (χ1v) is 11.7. The number of nitrogens with zero attached hydrogens (tertiary/aromatic N) is 1. The van der Waals surface area contributed by atoms with Crippen molar-refractivity contribution in [2.45, 2.75) is 19.7 Å². The summed E-state index contributed by atoms with van der Waals surface area (Å²) in [6.45, 7) is 1.98. The first-order valence-electron chi connectivity index (χ1n) is 11.7. The molecule has 0 radical (unpaired) electrons. The number of carbonyl (C=O) groups excluding carboxylic acids is 1. The number of carbonyl (C=O) groups is 1. The Balaban J connectivity index is 1.53. The van der Waals surface area contributed by atoms with Gasteiger partial charge in [0.2, 0.25) is 0 Å². The van der Waals surface area contributed by atoms with Gasteiger partial charge in [0.1, 0.15) is 18.2 Å². The zero-order valence-electron chi connectivity index (χ0n) is 20.4. The predicted octanol–water partition coefficient (Wildman–Crippen LogP) is 7.38. The van der Waals surface area contributed by atoms with E-state index in [9.17, 15) is 23.2 Å². The Morgan fingerprint density at radius 3 is 2.47 bits per heavy atom. The van der Waals surface area contributed by atoms with Crippen LogP contribution in [0.5, 0.6) is 11.5 Å². The number of hydrogen-bond acceptors (Lipinski definition) is 4. The number of nitriles is 1. The van der Waals surface area contributed by atoms with Crippen LogP contribution in [0.15, 0.2) is 90.5 Å². The van der Waals surface area contributed by atoms with Gasteiger partial charge in [0, 0.05) is 11.1 Å². The zero-order chi connectivity index (χ0) is 27.1. The second-order valence-electron chi connectivity index (χ2n) is 8.28. The number of benzene rings is 4. The second kappa shape index (κ2) is 11.5. The molecule has 0 aliphatic rings. The highest BCUT2D eigenvalue weighted by Gasteiger charge is 2.30. The third kappa shape index (κ3) is 6.31. The number of nitrogens with one attached hydrogen (secondary N) is 1. The van der Waals surface area contributed by atoms with Crippen molar-refractivity contribution < 1.29 is 27.4 Å². The van der Waals surface area contributed by atoms with E-state index in [2.05, 4.69) is 5.32 Å². The lowest BCUT2D eigenvalue weighted by Crippen LogP contribution is -2.13. The molecule has 1 amide bonds. The number of hydrogen-bond donors (Lipinski definition) is 1. The van der Waals surface area contributed by atoms with Gasteiger partial charge in [-0.05, 0) is 59.8 Å². The molecular weight excluding hydrogens is 493 g/mol. The van der Waals surface area contributed by atoms with E-state index in [0.717, 1.165) is 22.9 Å². The van der Waals surface area contributed by atoms with Crippen LogP contribution in [-0.4, -0.2) is 12.5 Å². The molecule has 0 saturated heterocycles. The molecule has 4 aromatic rings. The van der Waals surface area contributed by atoms with Gasteiger partial charge in [-0.2, -0.15) is 18.4 Å². The Labute approximate surface area is 217 Å². The first kappa shape index (κ1) is 26.3. The van der Waals surface area contributed by atoms with E-state index in [4.69, 9.17) is 9.47 Å². The summed E-state index contributed by atoms with van der Waals surface area (Å²) in [5.41, 5.74) is 0.586. The van der Waals surface area contributed by atoms with Crippen LogP contribution in [0.25, 0.3) is 16.8 Å². The summed E-state index contributed by atoms with van der Waals surface area (Å²) in [6.07, 6.45) is -3.02. The first-order chi connectivity index (χ1) is 18.3.